The van der Waals surface area contributed by atoms with Crippen LogP contribution in [-0.2, 0) is 4.74 Å². The molecule has 0 saturated carbocycles. The lowest BCUT2D eigenvalue weighted by atomic mass is 10.2. The van der Waals surface area contributed by atoms with Crippen molar-refractivity contribution in [3.05, 3.63) is 35.9 Å². The third-order valence-corrected chi connectivity index (χ3v) is 4.62. The van der Waals surface area contributed by atoms with E-state index in [1.165, 1.54) is 0 Å². The lowest BCUT2D eigenvalue weighted by Gasteiger charge is -2.28. The molecule has 0 unspecified atom stereocenters. The van der Waals surface area contributed by atoms with Crippen molar-refractivity contribution in [2.24, 2.45) is 0 Å². The van der Waals surface area contributed by atoms with E-state index >= 15 is 0 Å². The average Bonchev–Trinajstić information content (AvgIpc) is 3.28. The lowest BCUT2D eigenvalue weighted by molar-refractivity contribution is 0.0962. The second-order valence-electron chi connectivity index (χ2n) is 6.50. The molecule has 0 radical (unpaired) electrons. The number of amides is 1. The molecule has 27 heavy (non-hydrogen) atoms. The van der Waals surface area contributed by atoms with Crippen LogP contribution in [0.1, 0.15) is 23.2 Å². The summed E-state index contributed by atoms with van der Waals surface area (Å²) in [4.78, 5) is 30.1. The summed E-state index contributed by atoms with van der Waals surface area (Å²) >= 11 is 0. The molecule has 9 heteroatoms. The quantitative estimate of drug-likeness (QED) is 0.756. The Hall–Kier alpha value is -2.94. The third kappa shape index (κ3) is 4.25. The van der Waals surface area contributed by atoms with Crippen molar-refractivity contribution in [1.29, 1.82) is 0 Å². The summed E-state index contributed by atoms with van der Waals surface area (Å²) < 4.78 is 5.41. The fourth-order valence-electron chi connectivity index (χ4n) is 3.15. The molecule has 1 aromatic carbocycles. The Bertz CT molecular complexity index is 775. The predicted molar refractivity (Wildman–Crippen MR) is 102 cm³/mol. The molecule has 2 aromatic rings. The molecule has 0 spiro atoms. The topological polar surface area (TPSA) is 95.5 Å². The molecule has 2 N–H and O–H groups in total. The zero-order chi connectivity index (χ0) is 18.5. The van der Waals surface area contributed by atoms with Crippen LogP contribution in [0, 0.1) is 0 Å². The van der Waals surface area contributed by atoms with Crippen molar-refractivity contribution in [1.82, 2.24) is 20.4 Å². The normalized spacial score (nSPS) is 17.0. The van der Waals surface area contributed by atoms with E-state index in [1.54, 1.807) is 12.1 Å². The first kappa shape index (κ1) is 17.5. The molecule has 0 aliphatic carbocycles. The number of hydrazine groups is 1. The maximum atomic E-state index is 12.3. The van der Waals surface area contributed by atoms with Gasteiger partial charge in [-0.1, -0.05) is 18.2 Å². The van der Waals surface area contributed by atoms with Gasteiger partial charge in [0.15, 0.2) is 0 Å². The van der Waals surface area contributed by atoms with Crippen LogP contribution in [0.4, 0.5) is 17.8 Å². The number of rotatable bonds is 5. The van der Waals surface area contributed by atoms with Crippen LogP contribution < -0.4 is 20.7 Å². The molecule has 0 atom stereocenters. The Morgan fingerprint density at radius 2 is 1.52 bits per heavy atom. The van der Waals surface area contributed by atoms with Gasteiger partial charge in [0.25, 0.3) is 5.91 Å². The highest BCUT2D eigenvalue weighted by Crippen LogP contribution is 2.20. The highest BCUT2D eigenvalue weighted by Gasteiger charge is 2.21. The van der Waals surface area contributed by atoms with Gasteiger partial charge < -0.3 is 14.5 Å². The number of hydrogen-bond acceptors (Lipinski definition) is 8. The predicted octanol–water partition coefficient (Wildman–Crippen LogP) is 1.07. The number of carbonyl (C=O) groups excluding carboxylic acids is 1. The zero-order valence-electron chi connectivity index (χ0n) is 15.1. The molecule has 1 amide bonds. The van der Waals surface area contributed by atoms with Crippen molar-refractivity contribution in [2.45, 2.75) is 12.8 Å². The minimum absolute atomic E-state index is 0.244. The van der Waals surface area contributed by atoms with Gasteiger partial charge in [0, 0.05) is 31.7 Å². The number of anilines is 3. The second-order valence-corrected chi connectivity index (χ2v) is 6.50. The van der Waals surface area contributed by atoms with Crippen molar-refractivity contribution >= 4 is 23.8 Å². The minimum atomic E-state index is -0.244. The molecule has 1 aromatic heterocycles. The van der Waals surface area contributed by atoms with Gasteiger partial charge >= 0.3 is 0 Å². The van der Waals surface area contributed by atoms with Crippen LogP contribution in [0.5, 0.6) is 0 Å². The van der Waals surface area contributed by atoms with Gasteiger partial charge in [0.1, 0.15) is 0 Å². The number of carbonyl (C=O) groups is 1. The van der Waals surface area contributed by atoms with E-state index in [1.807, 2.05) is 18.2 Å². The smallest absolute Gasteiger partial charge is 0.269 e. The van der Waals surface area contributed by atoms with Crippen molar-refractivity contribution in [3.8, 4) is 0 Å². The largest absolute Gasteiger partial charge is 0.378 e. The summed E-state index contributed by atoms with van der Waals surface area (Å²) in [5, 5.41) is 0. The molecule has 2 saturated heterocycles. The summed E-state index contributed by atoms with van der Waals surface area (Å²) in [6, 6.07) is 9.01. The highest BCUT2D eigenvalue weighted by molar-refractivity contribution is 5.94. The van der Waals surface area contributed by atoms with Crippen LogP contribution in [0.2, 0.25) is 0 Å². The molecule has 142 valence electrons. The molecule has 2 fully saturated rings. The maximum Gasteiger partial charge on any atom is 0.269 e. The Kier molecular flexibility index (Phi) is 5.29. The number of aromatic nitrogens is 3. The minimum Gasteiger partial charge on any atom is -0.378 e. The van der Waals surface area contributed by atoms with E-state index in [9.17, 15) is 4.79 Å². The first-order valence-corrected chi connectivity index (χ1v) is 9.25. The van der Waals surface area contributed by atoms with Crippen molar-refractivity contribution < 1.29 is 9.53 Å². The molecule has 2 aliphatic heterocycles. The molecular formula is C18H23N7O2. The van der Waals surface area contributed by atoms with Crippen molar-refractivity contribution in [2.75, 3.05) is 54.6 Å². The van der Waals surface area contributed by atoms with Gasteiger partial charge in [-0.2, -0.15) is 15.0 Å². The standard InChI is InChI=1S/C18H23N7O2/c26-15(14-6-2-1-3-7-14)22-23-16-19-17(24-8-4-5-9-24)21-18(20-16)25-10-12-27-13-11-25/h1-3,6-7H,4-5,8-13H2,(H,22,26)(H,19,20,21,23). The number of hydrogen-bond donors (Lipinski definition) is 2. The molecule has 3 heterocycles. The van der Waals surface area contributed by atoms with E-state index in [0.29, 0.717) is 36.6 Å². The number of benzene rings is 1. The first-order chi connectivity index (χ1) is 13.3. The molecule has 4 rings (SSSR count). The number of morpholine rings is 1. The molecule has 0 bridgehead atoms. The summed E-state index contributed by atoms with van der Waals surface area (Å²) in [6.45, 7) is 4.64. The summed E-state index contributed by atoms with van der Waals surface area (Å²) in [5.74, 6) is 1.33. The SMILES string of the molecule is O=C(NNc1nc(N2CCCC2)nc(N2CCOCC2)n1)c1ccccc1. The van der Waals surface area contributed by atoms with Crippen molar-refractivity contribution in [3.63, 3.8) is 0 Å². The van der Waals surface area contributed by atoms with Gasteiger partial charge in [-0.05, 0) is 25.0 Å². The fraction of sp³-hybridized carbons (Fsp3) is 0.444. The third-order valence-electron chi connectivity index (χ3n) is 4.62. The molecule has 2 aliphatic rings. The van der Waals surface area contributed by atoms with Gasteiger partial charge in [-0.15, -0.1) is 0 Å². The maximum absolute atomic E-state index is 12.3. The number of nitrogens with zero attached hydrogens (tertiary/aromatic N) is 5. The summed E-state index contributed by atoms with van der Waals surface area (Å²) in [5.41, 5.74) is 6.06. The van der Waals surface area contributed by atoms with Crippen LogP contribution in [0.15, 0.2) is 30.3 Å². The van der Waals surface area contributed by atoms with Gasteiger partial charge in [-0.3, -0.25) is 15.6 Å². The van der Waals surface area contributed by atoms with E-state index in [0.717, 1.165) is 39.0 Å². The number of nitrogens with one attached hydrogen (secondary N) is 2. The lowest BCUT2D eigenvalue weighted by Crippen LogP contribution is -2.38. The van der Waals surface area contributed by atoms with Crippen LogP contribution >= 0.6 is 0 Å². The van der Waals surface area contributed by atoms with E-state index in [2.05, 4.69) is 35.6 Å². The second kappa shape index (κ2) is 8.17. The van der Waals surface area contributed by atoms with E-state index < -0.39 is 0 Å². The molecular weight excluding hydrogens is 346 g/mol. The van der Waals surface area contributed by atoms with Crippen LogP contribution in [0.3, 0.4) is 0 Å². The van der Waals surface area contributed by atoms with Gasteiger partial charge in [-0.25, -0.2) is 0 Å². The average molecular weight is 369 g/mol. The molecule has 9 nitrogen and oxygen atoms in total. The van der Waals surface area contributed by atoms with Crippen LogP contribution in [-0.4, -0.2) is 60.3 Å². The number of ether oxygens (including phenoxy) is 1. The van der Waals surface area contributed by atoms with Crippen LogP contribution in [0.25, 0.3) is 0 Å². The van der Waals surface area contributed by atoms with Gasteiger partial charge in [0.05, 0.1) is 13.2 Å². The monoisotopic (exact) mass is 369 g/mol. The van der Waals surface area contributed by atoms with Gasteiger partial charge in [0.2, 0.25) is 17.8 Å². The Morgan fingerprint density at radius 1 is 0.889 bits per heavy atom. The highest BCUT2D eigenvalue weighted by atomic mass is 16.5. The Morgan fingerprint density at radius 3 is 2.19 bits per heavy atom. The summed E-state index contributed by atoms with van der Waals surface area (Å²) in [7, 11) is 0. The fourth-order valence-corrected chi connectivity index (χ4v) is 3.15. The zero-order valence-corrected chi connectivity index (χ0v) is 15.1. The Balaban J connectivity index is 1.53. The first-order valence-electron chi connectivity index (χ1n) is 9.25. The Labute approximate surface area is 157 Å². The van der Waals surface area contributed by atoms with E-state index in [-0.39, 0.29) is 5.91 Å². The summed E-state index contributed by atoms with van der Waals surface area (Å²) in [6.07, 6.45) is 2.26. The van der Waals surface area contributed by atoms with E-state index in [4.69, 9.17) is 4.74 Å².